The van der Waals surface area contributed by atoms with Crippen LogP contribution in [0.2, 0.25) is 0 Å². The van der Waals surface area contributed by atoms with Gasteiger partial charge in [0, 0.05) is 31.4 Å². The number of fused-ring (bicyclic) bond motifs is 2. The third-order valence-corrected chi connectivity index (χ3v) is 10.8. The Balaban J connectivity index is 1.40. The molecule has 2 aromatic carbocycles. The van der Waals surface area contributed by atoms with E-state index in [1.165, 1.54) is 0 Å². The van der Waals surface area contributed by atoms with E-state index in [1.807, 2.05) is 97.6 Å². The minimum absolute atomic E-state index is 0.0523. The van der Waals surface area contributed by atoms with Gasteiger partial charge < -0.3 is 19.8 Å². The number of benzene rings is 2. The van der Waals surface area contributed by atoms with Crippen LogP contribution in [0.25, 0.3) is 0 Å². The summed E-state index contributed by atoms with van der Waals surface area (Å²) in [6, 6.07) is 18.4. The summed E-state index contributed by atoms with van der Waals surface area (Å²) in [5.41, 5.74) is 2.05. The summed E-state index contributed by atoms with van der Waals surface area (Å²) in [6.45, 7) is 5.47. The van der Waals surface area contributed by atoms with Crippen LogP contribution in [-0.4, -0.2) is 79.3 Å². The normalized spacial score (nSPS) is 29.9. The lowest BCUT2D eigenvalue weighted by Crippen LogP contribution is -2.57. The second kappa shape index (κ2) is 11.1. The third-order valence-electron chi connectivity index (χ3n) is 9.01. The number of rotatable bonds is 7. The lowest BCUT2D eigenvalue weighted by Gasteiger charge is -2.39. The fourth-order valence-corrected chi connectivity index (χ4v) is 9.04. The van der Waals surface area contributed by atoms with Crippen molar-refractivity contribution in [2.24, 2.45) is 17.8 Å². The van der Waals surface area contributed by atoms with Crippen LogP contribution in [0.15, 0.2) is 85.0 Å². The van der Waals surface area contributed by atoms with Crippen molar-refractivity contribution in [2.45, 2.75) is 49.0 Å². The predicted molar refractivity (Wildman–Crippen MR) is 159 cm³/mol. The Bertz CT molecular complexity index is 1360. The van der Waals surface area contributed by atoms with Gasteiger partial charge in [-0.25, -0.2) is 0 Å². The van der Waals surface area contributed by atoms with Crippen molar-refractivity contribution in [2.75, 3.05) is 19.7 Å². The SMILES string of the molecule is CC(C)[C@H](CO)N1C(=O)[C@@H]2[C@@H]3C(=O)N(Cc4ccccc4)CC=C[C@@H]3S[C@@]23C=CCN(Cc2ccccc2)C(=O)C13. The minimum atomic E-state index is -0.896. The molecule has 214 valence electrons. The van der Waals surface area contributed by atoms with Gasteiger partial charge in [-0.2, -0.15) is 0 Å². The zero-order valence-electron chi connectivity index (χ0n) is 23.5. The van der Waals surface area contributed by atoms with Gasteiger partial charge in [0.2, 0.25) is 17.7 Å². The van der Waals surface area contributed by atoms with Gasteiger partial charge in [0.05, 0.1) is 29.2 Å². The van der Waals surface area contributed by atoms with Gasteiger partial charge in [-0.15, -0.1) is 11.8 Å². The molecular formula is C33H37N3O4S. The second-order valence-electron chi connectivity index (χ2n) is 11.8. The lowest BCUT2D eigenvalue weighted by atomic mass is 9.78. The number of hydrogen-bond acceptors (Lipinski definition) is 5. The van der Waals surface area contributed by atoms with Crippen LogP contribution in [0, 0.1) is 17.8 Å². The average Bonchev–Trinajstić information content (AvgIpc) is 3.29. The van der Waals surface area contributed by atoms with Crippen LogP contribution >= 0.6 is 11.8 Å². The molecule has 0 saturated carbocycles. The van der Waals surface area contributed by atoms with E-state index in [0.29, 0.717) is 26.2 Å². The number of hydrogen-bond donors (Lipinski definition) is 1. The van der Waals surface area contributed by atoms with E-state index in [-0.39, 0.29) is 35.5 Å². The first-order valence-electron chi connectivity index (χ1n) is 14.5. The van der Waals surface area contributed by atoms with Crippen LogP contribution in [0.4, 0.5) is 0 Å². The van der Waals surface area contributed by atoms with Crippen molar-refractivity contribution in [3.63, 3.8) is 0 Å². The fraction of sp³-hybridized carbons (Fsp3) is 0.424. The summed E-state index contributed by atoms with van der Waals surface area (Å²) < 4.78 is -0.896. The zero-order chi connectivity index (χ0) is 28.7. The molecule has 2 saturated heterocycles. The van der Waals surface area contributed by atoms with Crippen LogP contribution < -0.4 is 0 Å². The molecule has 2 aromatic rings. The first kappa shape index (κ1) is 27.8. The summed E-state index contributed by atoms with van der Waals surface area (Å²) in [5, 5.41) is 10.3. The van der Waals surface area contributed by atoms with Gasteiger partial charge in [0.1, 0.15) is 6.04 Å². The number of nitrogens with zero attached hydrogens (tertiary/aromatic N) is 3. The maximum atomic E-state index is 14.6. The molecular weight excluding hydrogens is 534 g/mol. The topological polar surface area (TPSA) is 81.2 Å². The highest BCUT2D eigenvalue weighted by molar-refractivity contribution is 8.02. The first-order valence-corrected chi connectivity index (χ1v) is 15.3. The number of thioether (sulfide) groups is 1. The molecule has 1 unspecified atom stereocenters. The summed E-state index contributed by atoms with van der Waals surface area (Å²) >= 11 is 1.58. The Morgan fingerprint density at radius 1 is 0.854 bits per heavy atom. The summed E-state index contributed by atoms with van der Waals surface area (Å²) in [7, 11) is 0. The van der Waals surface area contributed by atoms with Gasteiger partial charge >= 0.3 is 0 Å². The fourth-order valence-electron chi connectivity index (χ4n) is 7.04. The van der Waals surface area contributed by atoms with E-state index >= 15 is 0 Å². The molecule has 3 amide bonds. The Kier molecular flexibility index (Phi) is 7.55. The summed E-state index contributed by atoms with van der Waals surface area (Å²) in [6.07, 6.45) is 8.14. The van der Waals surface area contributed by atoms with Crippen LogP contribution in [0.5, 0.6) is 0 Å². The number of aliphatic hydroxyl groups is 1. The van der Waals surface area contributed by atoms with Crippen molar-refractivity contribution >= 4 is 29.5 Å². The largest absolute Gasteiger partial charge is 0.394 e. The molecule has 41 heavy (non-hydrogen) atoms. The Morgan fingerprint density at radius 2 is 1.44 bits per heavy atom. The molecule has 7 nitrogen and oxygen atoms in total. The van der Waals surface area contributed by atoms with E-state index in [1.54, 1.807) is 21.6 Å². The Hall–Kier alpha value is -3.36. The van der Waals surface area contributed by atoms with Gasteiger partial charge in [-0.1, -0.05) is 98.8 Å². The van der Waals surface area contributed by atoms with Crippen molar-refractivity contribution in [1.82, 2.24) is 14.7 Å². The standard InChI is InChI=1S/C33H37N3O4S/c1-22(2)25(21-37)36-29-32(40)35(20-24-13-7-4-8-14-24)18-10-16-33(29)28(31(36)39)27-26(41-33)15-9-17-34(30(27)38)19-23-11-5-3-6-12-23/h3-16,22,25-29,37H,17-21H2,1-2H3/t25-,26-,27+,28-,29?,33-/m0/s1. The van der Waals surface area contributed by atoms with E-state index in [4.69, 9.17) is 0 Å². The average molecular weight is 572 g/mol. The molecule has 1 N–H and O–H groups in total. The highest BCUT2D eigenvalue weighted by atomic mass is 32.2. The third kappa shape index (κ3) is 4.71. The molecule has 2 fully saturated rings. The maximum absolute atomic E-state index is 14.6. The molecule has 0 aliphatic carbocycles. The molecule has 8 heteroatoms. The number of aliphatic hydroxyl groups excluding tert-OH is 1. The smallest absolute Gasteiger partial charge is 0.247 e. The zero-order valence-corrected chi connectivity index (χ0v) is 24.3. The predicted octanol–water partition coefficient (Wildman–Crippen LogP) is 3.50. The van der Waals surface area contributed by atoms with E-state index in [2.05, 4.69) is 6.08 Å². The van der Waals surface area contributed by atoms with Crippen LogP contribution in [0.3, 0.4) is 0 Å². The maximum Gasteiger partial charge on any atom is 0.247 e. The molecule has 1 spiro atoms. The van der Waals surface area contributed by atoms with E-state index in [0.717, 1.165) is 11.1 Å². The number of carbonyl (C=O) groups is 3. The molecule has 0 aromatic heterocycles. The van der Waals surface area contributed by atoms with E-state index in [9.17, 15) is 19.5 Å². The Morgan fingerprint density at radius 3 is 2.02 bits per heavy atom. The minimum Gasteiger partial charge on any atom is -0.394 e. The van der Waals surface area contributed by atoms with Crippen molar-refractivity contribution in [3.8, 4) is 0 Å². The highest BCUT2D eigenvalue weighted by Gasteiger charge is 2.71. The van der Waals surface area contributed by atoms with Crippen molar-refractivity contribution in [3.05, 3.63) is 96.1 Å². The quantitative estimate of drug-likeness (QED) is 0.515. The van der Waals surface area contributed by atoms with Gasteiger partial charge in [0.25, 0.3) is 0 Å². The number of amides is 3. The highest BCUT2D eigenvalue weighted by Crippen LogP contribution is 2.61. The van der Waals surface area contributed by atoms with Gasteiger partial charge in [-0.05, 0) is 17.0 Å². The molecule has 6 rings (SSSR count). The lowest BCUT2D eigenvalue weighted by molar-refractivity contribution is -0.148. The first-order chi connectivity index (χ1) is 19.9. The molecule has 4 heterocycles. The van der Waals surface area contributed by atoms with Crippen LogP contribution in [-0.2, 0) is 27.5 Å². The van der Waals surface area contributed by atoms with E-state index < -0.39 is 28.7 Å². The molecule has 0 radical (unpaired) electrons. The van der Waals surface area contributed by atoms with Crippen molar-refractivity contribution in [1.29, 1.82) is 0 Å². The molecule has 6 atom stereocenters. The van der Waals surface area contributed by atoms with Crippen molar-refractivity contribution < 1.29 is 19.5 Å². The second-order valence-corrected chi connectivity index (χ2v) is 13.3. The molecule has 4 aliphatic rings. The summed E-state index contributed by atoms with van der Waals surface area (Å²) in [4.78, 5) is 48.6. The number of likely N-dealkylation sites (tertiary alicyclic amines) is 1. The van der Waals surface area contributed by atoms with Gasteiger partial charge in [-0.3, -0.25) is 14.4 Å². The molecule has 4 aliphatic heterocycles. The summed E-state index contributed by atoms with van der Waals surface area (Å²) in [5.74, 6) is -1.74. The van der Waals surface area contributed by atoms with Gasteiger partial charge in [0.15, 0.2) is 0 Å². The van der Waals surface area contributed by atoms with Crippen LogP contribution in [0.1, 0.15) is 25.0 Å². The monoisotopic (exact) mass is 571 g/mol. The number of carbonyl (C=O) groups excluding carboxylic acids is 3. The molecule has 0 bridgehead atoms. The Labute approximate surface area is 245 Å².